The van der Waals surface area contributed by atoms with Crippen LogP contribution in [0.25, 0.3) is 0 Å². The number of ether oxygens (including phenoxy) is 1. The molecule has 2 rings (SSSR count). The zero-order chi connectivity index (χ0) is 21.1. The number of hydrogen-bond acceptors (Lipinski definition) is 5. The van der Waals surface area contributed by atoms with E-state index in [1.807, 2.05) is 12.1 Å². The molecule has 0 fully saturated rings. The lowest BCUT2D eigenvalue weighted by atomic mass is 9.87. The maximum Gasteiger partial charge on any atom is 0.338 e. The van der Waals surface area contributed by atoms with E-state index in [-0.39, 0.29) is 22.4 Å². The molecular weight excluding hydrogens is 378 g/mol. The molecule has 2 aromatic rings. The van der Waals surface area contributed by atoms with Crippen LogP contribution < -0.4 is 4.84 Å². The number of aryl methyl sites for hydroxylation is 1. The van der Waals surface area contributed by atoms with Crippen LogP contribution >= 0.6 is 0 Å². The molecule has 0 bridgehead atoms. The number of hydroxylamine groups is 1. The van der Waals surface area contributed by atoms with Gasteiger partial charge in [-0.2, -0.15) is 0 Å². The number of hydrogen-bond donors (Lipinski definition) is 0. The Labute approximate surface area is 167 Å². The molecule has 0 radical (unpaired) electrons. The number of rotatable bonds is 6. The summed E-state index contributed by atoms with van der Waals surface area (Å²) in [6.45, 7) is 9.79. The van der Waals surface area contributed by atoms with Crippen LogP contribution in [0.5, 0.6) is 5.75 Å². The topological polar surface area (TPSA) is 72.9 Å². The van der Waals surface area contributed by atoms with Crippen molar-refractivity contribution in [1.29, 1.82) is 0 Å². The molecule has 0 N–H and O–H groups in total. The smallest absolute Gasteiger partial charge is 0.338 e. The van der Waals surface area contributed by atoms with Gasteiger partial charge in [0.25, 0.3) is 10.0 Å². The van der Waals surface area contributed by atoms with Crippen LogP contribution in [0.15, 0.2) is 47.4 Å². The summed E-state index contributed by atoms with van der Waals surface area (Å²) >= 11 is 0. The van der Waals surface area contributed by atoms with Gasteiger partial charge >= 0.3 is 5.97 Å². The average Bonchev–Trinajstić information content (AvgIpc) is 2.65. The largest absolute Gasteiger partial charge is 0.465 e. The number of sulfonamides is 1. The van der Waals surface area contributed by atoms with Gasteiger partial charge in [0.1, 0.15) is 5.75 Å². The van der Waals surface area contributed by atoms with E-state index in [0.29, 0.717) is 11.3 Å². The Morgan fingerprint density at radius 2 is 1.68 bits per heavy atom. The van der Waals surface area contributed by atoms with E-state index in [1.54, 1.807) is 32.0 Å². The Bertz CT molecular complexity index is 944. The first-order chi connectivity index (χ1) is 13.0. The van der Waals surface area contributed by atoms with Crippen molar-refractivity contribution in [3.63, 3.8) is 0 Å². The molecule has 0 amide bonds. The van der Waals surface area contributed by atoms with Crippen LogP contribution in [-0.2, 0) is 20.2 Å². The molecule has 0 spiro atoms. The second-order valence-corrected chi connectivity index (χ2v) is 9.29. The monoisotopic (exact) mass is 405 g/mol. The molecule has 0 unspecified atom stereocenters. The number of benzene rings is 2. The molecule has 28 heavy (non-hydrogen) atoms. The van der Waals surface area contributed by atoms with Crippen molar-refractivity contribution < 1.29 is 22.8 Å². The first-order valence-corrected chi connectivity index (χ1v) is 10.4. The fourth-order valence-electron chi connectivity index (χ4n) is 2.63. The van der Waals surface area contributed by atoms with Crippen LogP contribution in [0.3, 0.4) is 0 Å². The molecule has 0 heterocycles. The van der Waals surface area contributed by atoms with Gasteiger partial charge in [-0.1, -0.05) is 39.0 Å². The Morgan fingerprint density at radius 1 is 1.07 bits per heavy atom. The maximum absolute atomic E-state index is 13.0. The Kier molecular flexibility index (Phi) is 6.52. The van der Waals surface area contributed by atoms with Crippen molar-refractivity contribution in [2.75, 3.05) is 13.7 Å². The molecule has 0 atom stereocenters. The lowest BCUT2D eigenvalue weighted by Gasteiger charge is -2.22. The molecule has 2 aromatic carbocycles. The standard InChI is InChI=1S/C21H27NO5S/c1-7-22(27-17-11-9-16(10-12-17)21(3,4)5)28(24,25)18-13-8-15(2)19(14-18)20(23)26-6/h8-14H,7H2,1-6H3. The molecular formula is C21H27NO5S. The van der Waals surface area contributed by atoms with Gasteiger partial charge in [0.15, 0.2) is 0 Å². The van der Waals surface area contributed by atoms with Gasteiger partial charge in [-0.15, -0.1) is 0 Å². The summed E-state index contributed by atoms with van der Waals surface area (Å²) in [6.07, 6.45) is 0. The highest BCUT2D eigenvalue weighted by Gasteiger charge is 2.27. The third kappa shape index (κ3) is 4.72. The highest BCUT2D eigenvalue weighted by molar-refractivity contribution is 7.89. The molecule has 152 valence electrons. The Hall–Kier alpha value is -2.38. The average molecular weight is 406 g/mol. The molecule has 0 aliphatic rings. The first-order valence-electron chi connectivity index (χ1n) is 9.01. The van der Waals surface area contributed by atoms with Gasteiger partial charge in [-0.25, -0.2) is 13.2 Å². The van der Waals surface area contributed by atoms with Crippen molar-refractivity contribution >= 4 is 16.0 Å². The fourth-order valence-corrected chi connectivity index (χ4v) is 3.89. The molecule has 7 heteroatoms. The van der Waals surface area contributed by atoms with E-state index in [4.69, 9.17) is 9.57 Å². The summed E-state index contributed by atoms with van der Waals surface area (Å²) in [4.78, 5) is 17.5. The molecule has 0 aromatic heterocycles. The van der Waals surface area contributed by atoms with Gasteiger partial charge < -0.3 is 9.57 Å². The maximum atomic E-state index is 13.0. The highest BCUT2D eigenvalue weighted by Crippen LogP contribution is 2.26. The predicted molar refractivity (Wildman–Crippen MR) is 108 cm³/mol. The Morgan fingerprint density at radius 3 is 2.18 bits per heavy atom. The van der Waals surface area contributed by atoms with E-state index in [1.165, 1.54) is 19.2 Å². The number of esters is 1. The molecule has 0 aliphatic carbocycles. The van der Waals surface area contributed by atoms with Crippen LogP contribution in [0, 0.1) is 6.92 Å². The van der Waals surface area contributed by atoms with Crippen molar-refractivity contribution in [2.24, 2.45) is 0 Å². The zero-order valence-corrected chi connectivity index (χ0v) is 18.0. The van der Waals surface area contributed by atoms with E-state index >= 15 is 0 Å². The fraction of sp³-hybridized carbons (Fsp3) is 0.381. The highest BCUT2D eigenvalue weighted by atomic mass is 32.2. The van der Waals surface area contributed by atoms with Crippen LogP contribution in [0.2, 0.25) is 0 Å². The third-order valence-electron chi connectivity index (χ3n) is 4.37. The third-order valence-corrected chi connectivity index (χ3v) is 6.08. The van der Waals surface area contributed by atoms with Gasteiger partial charge in [0.05, 0.1) is 17.6 Å². The van der Waals surface area contributed by atoms with E-state index in [2.05, 4.69) is 20.8 Å². The Balaban J connectivity index is 2.34. The summed E-state index contributed by atoms with van der Waals surface area (Å²) in [7, 11) is -2.71. The van der Waals surface area contributed by atoms with Crippen molar-refractivity contribution in [3.8, 4) is 5.75 Å². The molecule has 0 saturated carbocycles. The van der Waals surface area contributed by atoms with Crippen LogP contribution in [0.4, 0.5) is 0 Å². The van der Waals surface area contributed by atoms with Crippen molar-refractivity contribution in [3.05, 3.63) is 59.2 Å². The quantitative estimate of drug-likeness (QED) is 0.535. The minimum Gasteiger partial charge on any atom is -0.465 e. The summed E-state index contributed by atoms with van der Waals surface area (Å²) in [5, 5.41) is 0. The number of carbonyl (C=O) groups excluding carboxylic acids is 1. The van der Waals surface area contributed by atoms with Crippen LogP contribution in [0.1, 0.15) is 49.2 Å². The van der Waals surface area contributed by atoms with Crippen molar-refractivity contribution in [1.82, 2.24) is 4.47 Å². The SMILES string of the molecule is CCN(Oc1ccc(C(C)(C)C)cc1)S(=O)(=O)c1ccc(C)c(C(=O)OC)c1. The van der Waals surface area contributed by atoms with Gasteiger partial charge in [-0.05, 0) is 59.1 Å². The minimum absolute atomic E-state index is 0.0127. The zero-order valence-electron chi connectivity index (χ0n) is 17.1. The second kappa shape index (κ2) is 8.32. The lowest BCUT2D eigenvalue weighted by Crippen LogP contribution is -2.34. The van der Waals surface area contributed by atoms with Crippen LogP contribution in [-0.4, -0.2) is 32.5 Å². The summed E-state index contributed by atoms with van der Waals surface area (Å²) in [6, 6.07) is 11.7. The van der Waals surface area contributed by atoms with Crippen molar-refractivity contribution in [2.45, 2.75) is 44.9 Å². The summed E-state index contributed by atoms with van der Waals surface area (Å²) in [5.41, 5.74) is 1.94. The van der Waals surface area contributed by atoms with E-state index in [0.717, 1.165) is 10.0 Å². The second-order valence-electron chi connectivity index (χ2n) is 7.46. The minimum atomic E-state index is -3.97. The van der Waals surface area contributed by atoms with E-state index < -0.39 is 16.0 Å². The van der Waals surface area contributed by atoms with Gasteiger partial charge in [0, 0.05) is 6.54 Å². The molecule has 6 nitrogen and oxygen atoms in total. The summed E-state index contributed by atoms with van der Waals surface area (Å²) < 4.78 is 31.7. The molecule has 0 aliphatic heterocycles. The van der Waals surface area contributed by atoms with Gasteiger partial charge in [0.2, 0.25) is 0 Å². The van der Waals surface area contributed by atoms with Gasteiger partial charge in [-0.3, -0.25) is 0 Å². The summed E-state index contributed by atoms with van der Waals surface area (Å²) in [5.74, 6) is -0.171. The number of methoxy groups -OCH3 is 1. The molecule has 0 saturated heterocycles. The normalized spacial score (nSPS) is 12.1. The predicted octanol–water partition coefficient (Wildman–Crippen LogP) is 4.08. The number of carbonyl (C=O) groups is 1. The number of nitrogens with zero attached hydrogens (tertiary/aromatic N) is 1. The first kappa shape index (κ1) is 21.9. The lowest BCUT2D eigenvalue weighted by molar-refractivity contribution is 0.0415. The van der Waals surface area contributed by atoms with E-state index in [9.17, 15) is 13.2 Å².